The van der Waals surface area contributed by atoms with E-state index in [1.165, 1.54) is 0 Å². The van der Waals surface area contributed by atoms with Crippen LogP contribution < -0.4 is 10.6 Å². The molecule has 0 aliphatic carbocycles. The number of rotatable bonds is 9. The molecular formula is C20H23F3N4O3. The number of benzene rings is 2. The summed E-state index contributed by atoms with van der Waals surface area (Å²) in [7, 11) is 3.89. The van der Waals surface area contributed by atoms with Crippen LogP contribution in [0.15, 0.2) is 42.5 Å². The van der Waals surface area contributed by atoms with E-state index in [-0.39, 0.29) is 24.6 Å². The molecule has 0 aliphatic rings. The van der Waals surface area contributed by atoms with Crippen LogP contribution in [0.3, 0.4) is 0 Å². The second-order valence-corrected chi connectivity index (χ2v) is 6.95. The zero-order chi connectivity index (χ0) is 22.3. The fourth-order valence-corrected chi connectivity index (χ4v) is 2.83. The fraction of sp³-hybridized carbons (Fsp3) is 0.350. The molecule has 0 radical (unpaired) electrons. The summed E-state index contributed by atoms with van der Waals surface area (Å²) >= 11 is 0. The molecular weight excluding hydrogens is 401 g/mol. The lowest BCUT2D eigenvalue weighted by Gasteiger charge is -2.15. The number of alkyl halides is 3. The second-order valence-electron chi connectivity index (χ2n) is 6.95. The monoisotopic (exact) mass is 424 g/mol. The van der Waals surface area contributed by atoms with Gasteiger partial charge in [-0.3, -0.25) is 14.9 Å². The number of nitro groups is 1. The average molecular weight is 424 g/mol. The lowest BCUT2D eigenvalue weighted by atomic mass is 10.1. The van der Waals surface area contributed by atoms with Gasteiger partial charge in [0.05, 0.1) is 10.5 Å². The molecule has 0 spiro atoms. The largest absolute Gasteiger partial charge is 0.416 e. The van der Waals surface area contributed by atoms with Gasteiger partial charge in [0.15, 0.2) is 0 Å². The van der Waals surface area contributed by atoms with Crippen molar-refractivity contribution < 1.29 is 22.9 Å². The van der Waals surface area contributed by atoms with Gasteiger partial charge in [0, 0.05) is 32.1 Å². The zero-order valence-electron chi connectivity index (χ0n) is 16.6. The summed E-state index contributed by atoms with van der Waals surface area (Å²) in [5.41, 5.74) is 0.195. The Kier molecular flexibility index (Phi) is 7.76. The van der Waals surface area contributed by atoms with E-state index in [0.717, 1.165) is 29.8 Å². The maximum atomic E-state index is 12.7. The fourth-order valence-electron chi connectivity index (χ4n) is 2.83. The molecule has 2 aromatic rings. The molecule has 7 nitrogen and oxygen atoms in total. The number of nitrogens with one attached hydrogen (secondary N) is 2. The number of nitro benzene ring substituents is 1. The van der Waals surface area contributed by atoms with Crippen molar-refractivity contribution in [1.29, 1.82) is 0 Å². The summed E-state index contributed by atoms with van der Waals surface area (Å²) in [5.74, 6) is -0.281. The molecule has 30 heavy (non-hydrogen) atoms. The van der Waals surface area contributed by atoms with Crippen LogP contribution in [0.4, 0.5) is 24.5 Å². The molecule has 0 bridgehead atoms. The molecule has 1 amide bonds. The van der Waals surface area contributed by atoms with Crippen molar-refractivity contribution in [1.82, 2.24) is 10.2 Å². The van der Waals surface area contributed by atoms with Crippen LogP contribution in [-0.2, 0) is 24.1 Å². The number of carbonyl (C=O) groups excluding carboxylic acids is 1. The average Bonchev–Trinajstić information content (AvgIpc) is 2.66. The number of anilines is 1. The summed E-state index contributed by atoms with van der Waals surface area (Å²) in [5, 5.41) is 16.5. The van der Waals surface area contributed by atoms with Crippen molar-refractivity contribution in [3.05, 3.63) is 69.3 Å². The summed E-state index contributed by atoms with van der Waals surface area (Å²) in [6, 6.07) is 9.93. The number of hydrogen-bond donors (Lipinski definition) is 2. The maximum Gasteiger partial charge on any atom is 0.416 e. The predicted molar refractivity (Wildman–Crippen MR) is 107 cm³/mol. The lowest BCUT2D eigenvalue weighted by molar-refractivity contribution is -0.384. The molecule has 0 aliphatic heterocycles. The maximum absolute atomic E-state index is 12.7. The van der Waals surface area contributed by atoms with Crippen molar-refractivity contribution in [3.63, 3.8) is 0 Å². The highest BCUT2D eigenvalue weighted by Gasteiger charge is 2.33. The molecule has 2 rings (SSSR count). The van der Waals surface area contributed by atoms with Gasteiger partial charge in [0.25, 0.3) is 5.69 Å². The van der Waals surface area contributed by atoms with Crippen LogP contribution in [-0.4, -0.2) is 36.4 Å². The SMILES string of the molecule is CN(C)Cc1ccccc1CNC(=O)CCNc1ccc(C(F)(F)F)cc1[N+](=O)[O-]. The van der Waals surface area contributed by atoms with Gasteiger partial charge in [-0.05, 0) is 37.4 Å². The Hall–Kier alpha value is -3.14. The van der Waals surface area contributed by atoms with Crippen LogP contribution >= 0.6 is 0 Å². The standard InChI is InChI=1S/C20H23F3N4O3/c1-26(2)13-15-6-4-3-5-14(15)12-25-19(28)9-10-24-17-8-7-16(20(21,22)23)11-18(17)27(29)30/h3-8,11,24H,9-10,12-13H2,1-2H3,(H,25,28). The van der Waals surface area contributed by atoms with E-state index in [1.54, 1.807) is 0 Å². The Bertz CT molecular complexity index is 901. The first-order valence-corrected chi connectivity index (χ1v) is 9.15. The number of amides is 1. The first-order valence-electron chi connectivity index (χ1n) is 9.15. The number of nitrogens with zero attached hydrogens (tertiary/aromatic N) is 2. The van der Waals surface area contributed by atoms with Gasteiger partial charge in [-0.2, -0.15) is 13.2 Å². The smallest absolute Gasteiger partial charge is 0.379 e. The highest BCUT2D eigenvalue weighted by atomic mass is 19.4. The Morgan fingerprint density at radius 2 is 1.80 bits per heavy atom. The number of carbonyl (C=O) groups is 1. The van der Waals surface area contributed by atoms with E-state index >= 15 is 0 Å². The molecule has 0 atom stereocenters. The molecule has 0 aromatic heterocycles. The Balaban J connectivity index is 1.92. The summed E-state index contributed by atoms with van der Waals surface area (Å²) in [4.78, 5) is 24.3. The third-order valence-electron chi connectivity index (χ3n) is 4.27. The first-order chi connectivity index (χ1) is 14.1. The minimum absolute atomic E-state index is 0.00796. The topological polar surface area (TPSA) is 87.5 Å². The minimum Gasteiger partial charge on any atom is -0.379 e. The molecule has 162 valence electrons. The van der Waals surface area contributed by atoms with Crippen LogP contribution in [0.1, 0.15) is 23.1 Å². The van der Waals surface area contributed by atoms with Crippen LogP contribution in [0, 0.1) is 10.1 Å². The highest BCUT2D eigenvalue weighted by Crippen LogP contribution is 2.34. The van der Waals surface area contributed by atoms with Gasteiger partial charge in [-0.25, -0.2) is 0 Å². The van der Waals surface area contributed by atoms with Gasteiger partial charge in [0.1, 0.15) is 5.69 Å². The summed E-state index contributed by atoms with van der Waals surface area (Å²) in [6.45, 7) is 1.10. The molecule has 2 N–H and O–H groups in total. The summed E-state index contributed by atoms with van der Waals surface area (Å²) < 4.78 is 38.2. The quantitative estimate of drug-likeness (QED) is 0.472. The van der Waals surface area contributed by atoms with E-state index in [2.05, 4.69) is 10.6 Å². The van der Waals surface area contributed by atoms with Gasteiger partial charge < -0.3 is 15.5 Å². The Labute approximate surface area is 172 Å². The van der Waals surface area contributed by atoms with Gasteiger partial charge in [-0.1, -0.05) is 24.3 Å². The zero-order valence-corrected chi connectivity index (χ0v) is 16.6. The molecule has 0 unspecified atom stereocenters. The van der Waals surface area contributed by atoms with Crippen molar-refractivity contribution >= 4 is 17.3 Å². The molecule has 0 saturated carbocycles. The van der Waals surface area contributed by atoms with E-state index in [4.69, 9.17) is 0 Å². The lowest BCUT2D eigenvalue weighted by Crippen LogP contribution is -2.26. The number of halogens is 3. The summed E-state index contributed by atoms with van der Waals surface area (Å²) in [6.07, 6.45) is -4.67. The van der Waals surface area contributed by atoms with E-state index in [9.17, 15) is 28.1 Å². The van der Waals surface area contributed by atoms with Crippen molar-refractivity contribution in [3.8, 4) is 0 Å². The van der Waals surface area contributed by atoms with Crippen LogP contribution in [0.25, 0.3) is 0 Å². The molecule has 0 heterocycles. The molecule has 0 saturated heterocycles. The van der Waals surface area contributed by atoms with Crippen molar-refractivity contribution in [2.75, 3.05) is 26.0 Å². The van der Waals surface area contributed by atoms with Gasteiger partial charge >= 0.3 is 6.18 Å². The molecule has 0 fully saturated rings. The van der Waals surface area contributed by atoms with Crippen LogP contribution in [0.2, 0.25) is 0 Å². The third-order valence-corrected chi connectivity index (χ3v) is 4.27. The van der Waals surface area contributed by atoms with Gasteiger partial charge in [0.2, 0.25) is 5.91 Å². The van der Waals surface area contributed by atoms with Crippen molar-refractivity contribution in [2.45, 2.75) is 25.7 Å². The number of hydrogen-bond acceptors (Lipinski definition) is 5. The molecule has 2 aromatic carbocycles. The normalized spacial score (nSPS) is 11.4. The van der Waals surface area contributed by atoms with Crippen molar-refractivity contribution in [2.24, 2.45) is 0 Å². The Morgan fingerprint density at radius 1 is 1.13 bits per heavy atom. The third kappa shape index (κ3) is 6.73. The first kappa shape index (κ1) is 23.1. The van der Waals surface area contributed by atoms with E-state index in [0.29, 0.717) is 12.6 Å². The second kappa shape index (κ2) is 10.1. The van der Waals surface area contributed by atoms with Gasteiger partial charge in [-0.15, -0.1) is 0 Å². The van der Waals surface area contributed by atoms with E-state index in [1.807, 2.05) is 43.3 Å². The highest BCUT2D eigenvalue weighted by molar-refractivity contribution is 5.76. The predicted octanol–water partition coefficient (Wildman–Crippen LogP) is 3.79. The molecule has 10 heteroatoms. The minimum atomic E-state index is -4.67. The van der Waals surface area contributed by atoms with Crippen LogP contribution in [0.5, 0.6) is 0 Å². The van der Waals surface area contributed by atoms with E-state index < -0.39 is 22.4 Å². The Morgan fingerprint density at radius 3 is 2.40 bits per heavy atom.